The Morgan fingerprint density at radius 1 is 1.25 bits per heavy atom. The van der Waals surface area contributed by atoms with E-state index in [4.69, 9.17) is 14.2 Å². The van der Waals surface area contributed by atoms with Gasteiger partial charge < -0.3 is 24.4 Å². The molecule has 70 valence electrons. The number of rotatable bonds is 0. The van der Waals surface area contributed by atoms with Gasteiger partial charge >= 0.3 is 0 Å². The first-order valence-corrected chi connectivity index (χ1v) is 3.83. The van der Waals surface area contributed by atoms with Crippen LogP contribution in [0.2, 0.25) is 0 Å². The van der Waals surface area contributed by atoms with E-state index in [1.807, 2.05) is 0 Å². The predicted molar refractivity (Wildman–Crippen MR) is 36.9 cm³/mol. The van der Waals surface area contributed by atoms with Gasteiger partial charge in [-0.15, -0.1) is 0 Å². The number of aliphatic hydroxyl groups is 2. The van der Waals surface area contributed by atoms with Gasteiger partial charge in [-0.05, 0) is 13.8 Å². The van der Waals surface area contributed by atoms with Crippen LogP contribution in [0, 0.1) is 0 Å². The van der Waals surface area contributed by atoms with E-state index in [1.165, 1.54) is 0 Å². The summed E-state index contributed by atoms with van der Waals surface area (Å²) < 4.78 is 15.5. The summed E-state index contributed by atoms with van der Waals surface area (Å²) in [5, 5.41) is 18.6. The molecule has 0 amide bonds. The van der Waals surface area contributed by atoms with Gasteiger partial charge in [-0.1, -0.05) is 0 Å². The van der Waals surface area contributed by atoms with Crippen molar-refractivity contribution in [2.75, 3.05) is 6.61 Å². The van der Waals surface area contributed by atoms with Gasteiger partial charge in [-0.2, -0.15) is 0 Å². The third kappa shape index (κ3) is 1.14. The summed E-state index contributed by atoms with van der Waals surface area (Å²) in [6, 6.07) is 0. The summed E-state index contributed by atoms with van der Waals surface area (Å²) in [6.45, 7) is 3.23. The van der Waals surface area contributed by atoms with Crippen LogP contribution < -0.4 is 0 Å². The summed E-state index contributed by atoms with van der Waals surface area (Å²) in [4.78, 5) is 0. The molecular formula is C7H12O5. The lowest BCUT2D eigenvalue weighted by Crippen LogP contribution is -2.43. The molecule has 12 heavy (non-hydrogen) atoms. The molecule has 5 nitrogen and oxygen atoms in total. The quantitative estimate of drug-likeness (QED) is 0.472. The van der Waals surface area contributed by atoms with E-state index in [0.717, 1.165) is 0 Å². The average molecular weight is 176 g/mol. The van der Waals surface area contributed by atoms with E-state index < -0.39 is 24.0 Å². The van der Waals surface area contributed by atoms with Crippen LogP contribution in [-0.4, -0.2) is 40.8 Å². The van der Waals surface area contributed by atoms with Crippen molar-refractivity contribution in [3.8, 4) is 0 Å². The van der Waals surface area contributed by atoms with Crippen molar-refractivity contribution in [1.82, 2.24) is 0 Å². The molecule has 2 aliphatic heterocycles. The first-order valence-electron chi connectivity index (χ1n) is 3.83. The lowest BCUT2D eigenvalue weighted by molar-refractivity contribution is -0.257. The molecule has 5 heteroatoms. The number of hydrogen-bond donors (Lipinski definition) is 2. The molecule has 2 N–H and O–H groups in total. The Kier molecular flexibility index (Phi) is 1.53. The van der Waals surface area contributed by atoms with E-state index in [0.29, 0.717) is 0 Å². The fraction of sp³-hybridized carbons (Fsp3) is 1.00. The first kappa shape index (κ1) is 8.40. The van der Waals surface area contributed by atoms with Gasteiger partial charge in [-0.3, -0.25) is 0 Å². The normalized spacial score (nSPS) is 43.0. The van der Waals surface area contributed by atoms with Gasteiger partial charge in [0, 0.05) is 0 Å². The zero-order chi connectivity index (χ0) is 8.98. The highest BCUT2D eigenvalue weighted by Gasteiger charge is 2.57. The maximum atomic E-state index is 9.32. The molecule has 0 radical (unpaired) electrons. The van der Waals surface area contributed by atoms with Gasteiger partial charge in [0.2, 0.25) is 5.79 Å². The van der Waals surface area contributed by atoms with E-state index >= 15 is 0 Å². The van der Waals surface area contributed by atoms with E-state index in [9.17, 15) is 10.2 Å². The number of fused-ring (bicyclic) bond motifs is 1. The van der Waals surface area contributed by atoms with Crippen molar-refractivity contribution in [1.29, 1.82) is 0 Å². The second-order valence-corrected chi connectivity index (χ2v) is 3.61. The number of hydrogen-bond acceptors (Lipinski definition) is 5. The van der Waals surface area contributed by atoms with Gasteiger partial charge in [-0.25, -0.2) is 0 Å². The molecule has 0 aromatic heterocycles. The Hall–Kier alpha value is -0.200. The maximum absolute atomic E-state index is 9.32. The summed E-state index contributed by atoms with van der Waals surface area (Å²) in [5.74, 6) is -2.72. The van der Waals surface area contributed by atoms with Crippen molar-refractivity contribution >= 4 is 0 Å². The highest BCUT2D eigenvalue weighted by molar-refractivity contribution is 4.91. The Bertz CT molecular complexity index is 200. The van der Waals surface area contributed by atoms with Crippen molar-refractivity contribution in [2.45, 2.75) is 37.8 Å². The van der Waals surface area contributed by atoms with Gasteiger partial charge in [0.1, 0.15) is 6.61 Å². The third-order valence-corrected chi connectivity index (χ3v) is 1.97. The zero-order valence-corrected chi connectivity index (χ0v) is 6.98. The van der Waals surface area contributed by atoms with E-state index in [1.54, 1.807) is 13.8 Å². The van der Waals surface area contributed by atoms with Crippen LogP contribution in [0.25, 0.3) is 0 Å². The monoisotopic (exact) mass is 176 g/mol. The van der Waals surface area contributed by atoms with Crippen LogP contribution in [0.5, 0.6) is 0 Å². The smallest absolute Gasteiger partial charge is 0.219 e. The first-order chi connectivity index (χ1) is 5.41. The van der Waals surface area contributed by atoms with Crippen molar-refractivity contribution in [3.63, 3.8) is 0 Å². The molecule has 2 rings (SSSR count). The minimum Gasteiger partial charge on any atom is -0.362 e. The van der Waals surface area contributed by atoms with Crippen LogP contribution in [0.15, 0.2) is 0 Å². The van der Waals surface area contributed by atoms with Crippen molar-refractivity contribution in [3.05, 3.63) is 0 Å². The Morgan fingerprint density at radius 3 is 2.50 bits per heavy atom. The number of ether oxygens (including phenoxy) is 3. The minimum absolute atomic E-state index is 0.168. The summed E-state index contributed by atoms with van der Waals surface area (Å²) in [7, 11) is 0. The van der Waals surface area contributed by atoms with Crippen LogP contribution in [0.4, 0.5) is 0 Å². The van der Waals surface area contributed by atoms with E-state index in [2.05, 4.69) is 0 Å². The minimum atomic E-state index is -1.92. The largest absolute Gasteiger partial charge is 0.362 e. The highest BCUT2D eigenvalue weighted by Crippen LogP contribution is 2.38. The Balaban J connectivity index is 2.17. The lowest BCUT2D eigenvalue weighted by Gasteiger charge is -2.22. The van der Waals surface area contributed by atoms with Gasteiger partial charge in [0.25, 0.3) is 0 Å². The molecule has 0 aliphatic carbocycles. The molecular weight excluding hydrogens is 164 g/mol. The molecule has 2 heterocycles. The SMILES string of the molecule is CC1(C)O[C@@H]2OCC(O)(O)[C@H]2O1. The van der Waals surface area contributed by atoms with Gasteiger partial charge in [0.15, 0.2) is 18.2 Å². The fourth-order valence-electron chi connectivity index (χ4n) is 1.45. The molecule has 0 aromatic rings. The maximum Gasteiger partial charge on any atom is 0.219 e. The Morgan fingerprint density at radius 2 is 1.92 bits per heavy atom. The lowest BCUT2D eigenvalue weighted by atomic mass is 10.2. The summed E-state index contributed by atoms with van der Waals surface area (Å²) >= 11 is 0. The summed E-state index contributed by atoms with van der Waals surface area (Å²) in [6.07, 6.45) is -1.46. The standard InChI is InChI=1S/C7H12O5/c1-6(2)11-4-5(12-6)10-3-7(4,8)9/h4-5,8-9H,3H2,1-2H3/t4-,5-/m0/s1. The second-order valence-electron chi connectivity index (χ2n) is 3.61. The third-order valence-electron chi connectivity index (χ3n) is 1.97. The van der Waals surface area contributed by atoms with E-state index in [-0.39, 0.29) is 6.61 Å². The zero-order valence-electron chi connectivity index (χ0n) is 6.98. The molecule has 0 unspecified atom stereocenters. The fourth-order valence-corrected chi connectivity index (χ4v) is 1.45. The molecule has 0 aromatic carbocycles. The molecule has 2 fully saturated rings. The molecule has 0 saturated carbocycles. The molecule has 2 saturated heterocycles. The van der Waals surface area contributed by atoms with Crippen LogP contribution in [-0.2, 0) is 14.2 Å². The van der Waals surface area contributed by atoms with Crippen LogP contribution in [0.1, 0.15) is 13.8 Å². The second kappa shape index (κ2) is 2.18. The van der Waals surface area contributed by atoms with Crippen molar-refractivity contribution < 1.29 is 24.4 Å². The summed E-state index contributed by atoms with van der Waals surface area (Å²) in [5.41, 5.74) is 0. The average Bonchev–Trinajstić information content (AvgIpc) is 2.31. The highest BCUT2D eigenvalue weighted by atomic mass is 16.8. The van der Waals surface area contributed by atoms with Crippen LogP contribution >= 0.6 is 0 Å². The van der Waals surface area contributed by atoms with Crippen LogP contribution in [0.3, 0.4) is 0 Å². The molecule has 0 bridgehead atoms. The molecule has 2 atom stereocenters. The molecule has 0 spiro atoms. The topological polar surface area (TPSA) is 68.2 Å². The predicted octanol–water partition coefficient (Wildman–Crippen LogP) is -0.825. The molecule has 2 aliphatic rings. The van der Waals surface area contributed by atoms with Gasteiger partial charge in [0.05, 0.1) is 0 Å². The Labute approximate surface area is 69.8 Å². The van der Waals surface area contributed by atoms with Crippen molar-refractivity contribution in [2.24, 2.45) is 0 Å².